The SMILES string of the molecule is CCOC(=O)c1cnc(OCC)nc1. The Balaban J connectivity index is 2.67. The molecule has 0 saturated heterocycles. The van der Waals surface area contributed by atoms with Gasteiger partial charge in [-0.3, -0.25) is 0 Å². The maximum atomic E-state index is 11.2. The Labute approximate surface area is 82.1 Å². The fourth-order valence-corrected chi connectivity index (χ4v) is 0.840. The van der Waals surface area contributed by atoms with Crippen LogP contribution in [0.1, 0.15) is 24.2 Å². The summed E-state index contributed by atoms with van der Waals surface area (Å²) >= 11 is 0. The molecule has 14 heavy (non-hydrogen) atoms. The Morgan fingerprint density at radius 3 is 2.43 bits per heavy atom. The number of esters is 1. The minimum Gasteiger partial charge on any atom is -0.464 e. The summed E-state index contributed by atoms with van der Waals surface area (Å²) in [5.41, 5.74) is 0.329. The average Bonchev–Trinajstić information content (AvgIpc) is 2.20. The summed E-state index contributed by atoms with van der Waals surface area (Å²) in [6.07, 6.45) is 2.77. The Bertz CT molecular complexity index is 297. The van der Waals surface area contributed by atoms with Crippen LogP contribution in [0.2, 0.25) is 0 Å². The molecule has 0 saturated carbocycles. The van der Waals surface area contributed by atoms with E-state index >= 15 is 0 Å². The van der Waals surface area contributed by atoms with E-state index in [4.69, 9.17) is 9.47 Å². The standard InChI is InChI=1S/C9H12N2O3/c1-3-13-8(12)7-5-10-9(11-6-7)14-4-2/h5-6H,3-4H2,1-2H3. The molecule has 0 spiro atoms. The van der Waals surface area contributed by atoms with Gasteiger partial charge in [-0.15, -0.1) is 0 Å². The van der Waals surface area contributed by atoms with Crippen LogP contribution in [0.15, 0.2) is 12.4 Å². The van der Waals surface area contributed by atoms with Gasteiger partial charge in [-0.2, -0.15) is 0 Å². The topological polar surface area (TPSA) is 61.3 Å². The Kier molecular flexibility index (Phi) is 3.84. The summed E-state index contributed by atoms with van der Waals surface area (Å²) in [5.74, 6) is -0.421. The molecular formula is C9H12N2O3. The van der Waals surface area contributed by atoms with Gasteiger partial charge >= 0.3 is 12.0 Å². The van der Waals surface area contributed by atoms with Crippen molar-refractivity contribution in [3.8, 4) is 6.01 Å². The van der Waals surface area contributed by atoms with Crippen molar-refractivity contribution in [2.24, 2.45) is 0 Å². The molecule has 76 valence electrons. The summed E-state index contributed by atoms with van der Waals surface area (Å²) in [4.78, 5) is 18.8. The second-order valence-corrected chi connectivity index (χ2v) is 2.41. The molecule has 0 aliphatic rings. The second-order valence-electron chi connectivity index (χ2n) is 2.41. The quantitative estimate of drug-likeness (QED) is 0.673. The molecule has 0 fully saturated rings. The number of aromatic nitrogens is 2. The smallest absolute Gasteiger partial charge is 0.341 e. The monoisotopic (exact) mass is 196 g/mol. The van der Waals surface area contributed by atoms with E-state index in [0.29, 0.717) is 18.8 Å². The van der Waals surface area contributed by atoms with E-state index in [9.17, 15) is 4.79 Å². The van der Waals surface area contributed by atoms with Crippen molar-refractivity contribution in [3.63, 3.8) is 0 Å². The molecule has 0 aliphatic carbocycles. The second kappa shape index (κ2) is 5.16. The molecule has 0 atom stereocenters. The summed E-state index contributed by atoms with van der Waals surface area (Å²) < 4.78 is 9.79. The van der Waals surface area contributed by atoms with Crippen LogP contribution < -0.4 is 4.74 Å². The molecule has 0 N–H and O–H groups in total. The minimum atomic E-state index is -0.421. The molecule has 5 nitrogen and oxygen atoms in total. The highest BCUT2D eigenvalue weighted by Crippen LogP contribution is 2.03. The van der Waals surface area contributed by atoms with E-state index in [1.54, 1.807) is 6.92 Å². The summed E-state index contributed by atoms with van der Waals surface area (Å²) in [6, 6.07) is 0.264. The zero-order valence-electron chi connectivity index (χ0n) is 8.19. The largest absolute Gasteiger partial charge is 0.464 e. The number of ether oxygens (including phenoxy) is 2. The number of nitrogens with zero attached hydrogens (tertiary/aromatic N) is 2. The molecule has 0 amide bonds. The van der Waals surface area contributed by atoms with Crippen molar-refractivity contribution in [2.75, 3.05) is 13.2 Å². The van der Waals surface area contributed by atoms with Crippen LogP contribution in [0.25, 0.3) is 0 Å². The molecule has 0 aliphatic heterocycles. The summed E-state index contributed by atoms with van der Waals surface area (Å²) in [7, 11) is 0. The average molecular weight is 196 g/mol. The van der Waals surface area contributed by atoms with Crippen LogP contribution >= 0.6 is 0 Å². The predicted octanol–water partition coefficient (Wildman–Crippen LogP) is 1.05. The Hall–Kier alpha value is -1.65. The van der Waals surface area contributed by atoms with E-state index in [1.807, 2.05) is 6.92 Å². The van der Waals surface area contributed by atoms with E-state index in [0.717, 1.165) is 0 Å². The van der Waals surface area contributed by atoms with Crippen molar-refractivity contribution >= 4 is 5.97 Å². The number of hydrogen-bond acceptors (Lipinski definition) is 5. The van der Waals surface area contributed by atoms with Gasteiger partial charge in [0.25, 0.3) is 0 Å². The number of hydrogen-bond donors (Lipinski definition) is 0. The van der Waals surface area contributed by atoms with Gasteiger partial charge in [-0.25, -0.2) is 14.8 Å². The van der Waals surface area contributed by atoms with Gasteiger partial charge in [-0.1, -0.05) is 0 Å². The third kappa shape index (κ3) is 2.69. The lowest BCUT2D eigenvalue weighted by atomic mass is 10.3. The molecule has 1 aromatic heterocycles. The first kappa shape index (κ1) is 10.4. The first-order valence-corrected chi connectivity index (χ1v) is 4.39. The fourth-order valence-electron chi connectivity index (χ4n) is 0.840. The van der Waals surface area contributed by atoms with Gasteiger partial charge in [0, 0.05) is 12.4 Å². The zero-order chi connectivity index (χ0) is 10.4. The fraction of sp³-hybridized carbons (Fsp3) is 0.444. The Morgan fingerprint density at radius 2 is 1.93 bits per heavy atom. The molecular weight excluding hydrogens is 184 g/mol. The molecule has 0 aromatic carbocycles. The van der Waals surface area contributed by atoms with Crippen molar-refractivity contribution < 1.29 is 14.3 Å². The van der Waals surface area contributed by atoms with Gasteiger partial charge in [0.2, 0.25) is 0 Å². The lowest BCUT2D eigenvalue weighted by molar-refractivity contribution is 0.0525. The predicted molar refractivity (Wildman–Crippen MR) is 49.2 cm³/mol. The van der Waals surface area contributed by atoms with E-state index in [2.05, 4.69) is 9.97 Å². The maximum Gasteiger partial charge on any atom is 0.341 e. The van der Waals surface area contributed by atoms with Crippen LogP contribution in [0.4, 0.5) is 0 Å². The Morgan fingerprint density at radius 1 is 1.29 bits per heavy atom. The molecule has 0 radical (unpaired) electrons. The van der Waals surface area contributed by atoms with Crippen molar-refractivity contribution in [3.05, 3.63) is 18.0 Å². The van der Waals surface area contributed by atoms with Crippen LogP contribution in [0, 0.1) is 0 Å². The van der Waals surface area contributed by atoms with Gasteiger partial charge in [0.1, 0.15) is 0 Å². The van der Waals surface area contributed by atoms with Gasteiger partial charge in [-0.05, 0) is 13.8 Å². The maximum absolute atomic E-state index is 11.2. The van der Waals surface area contributed by atoms with Crippen LogP contribution in [-0.4, -0.2) is 29.2 Å². The first-order valence-electron chi connectivity index (χ1n) is 4.39. The lowest BCUT2D eigenvalue weighted by Crippen LogP contribution is -2.06. The van der Waals surface area contributed by atoms with E-state index in [1.165, 1.54) is 12.4 Å². The van der Waals surface area contributed by atoms with E-state index in [-0.39, 0.29) is 6.01 Å². The van der Waals surface area contributed by atoms with Crippen LogP contribution in [-0.2, 0) is 4.74 Å². The highest BCUT2D eigenvalue weighted by Gasteiger charge is 2.07. The highest BCUT2D eigenvalue weighted by atomic mass is 16.5. The summed E-state index contributed by atoms with van der Waals surface area (Å²) in [6.45, 7) is 4.42. The number of carbonyl (C=O) groups is 1. The molecule has 1 aromatic rings. The van der Waals surface area contributed by atoms with Gasteiger partial charge < -0.3 is 9.47 Å². The molecule has 0 bridgehead atoms. The number of carbonyl (C=O) groups excluding carboxylic acids is 1. The highest BCUT2D eigenvalue weighted by molar-refractivity contribution is 5.88. The van der Waals surface area contributed by atoms with E-state index < -0.39 is 5.97 Å². The normalized spacial score (nSPS) is 9.57. The first-order chi connectivity index (χ1) is 6.77. The third-order valence-corrected chi connectivity index (χ3v) is 1.41. The molecule has 5 heteroatoms. The van der Waals surface area contributed by atoms with Crippen LogP contribution in [0.5, 0.6) is 6.01 Å². The summed E-state index contributed by atoms with van der Waals surface area (Å²) in [5, 5.41) is 0. The third-order valence-electron chi connectivity index (χ3n) is 1.41. The van der Waals surface area contributed by atoms with Gasteiger partial charge in [0.15, 0.2) is 0 Å². The molecule has 0 unspecified atom stereocenters. The van der Waals surface area contributed by atoms with Crippen molar-refractivity contribution in [1.82, 2.24) is 9.97 Å². The molecule has 1 rings (SSSR count). The van der Waals surface area contributed by atoms with Crippen molar-refractivity contribution in [2.45, 2.75) is 13.8 Å². The minimum absolute atomic E-state index is 0.264. The van der Waals surface area contributed by atoms with Gasteiger partial charge in [0.05, 0.1) is 18.8 Å². The molecule has 1 heterocycles. The zero-order valence-corrected chi connectivity index (χ0v) is 8.19. The van der Waals surface area contributed by atoms with Crippen LogP contribution in [0.3, 0.4) is 0 Å². The lowest BCUT2D eigenvalue weighted by Gasteiger charge is -2.02. The van der Waals surface area contributed by atoms with Crippen molar-refractivity contribution in [1.29, 1.82) is 0 Å². The number of rotatable bonds is 4.